The standard InChI is InChI=1S/C15H13NO/c1-10-13-4-2-3-5-14(13)17-15(10)11-6-8-12(16)9-7-11/h2-9H,16H2,1H3. The van der Waals surface area contributed by atoms with E-state index in [0.29, 0.717) is 0 Å². The number of para-hydroxylation sites is 1. The summed E-state index contributed by atoms with van der Waals surface area (Å²) in [6, 6.07) is 15.8. The maximum atomic E-state index is 5.88. The van der Waals surface area contributed by atoms with Crippen molar-refractivity contribution in [3.63, 3.8) is 0 Å². The minimum absolute atomic E-state index is 0.766. The summed E-state index contributed by atoms with van der Waals surface area (Å²) in [4.78, 5) is 0. The van der Waals surface area contributed by atoms with Crippen LogP contribution >= 0.6 is 0 Å². The number of hydrogen-bond donors (Lipinski definition) is 1. The Balaban J connectivity index is 2.24. The van der Waals surface area contributed by atoms with Crippen LogP contribution in [0.4, 0.5) is 5.69 Å². The van der Waals surface area contributed by atoms with Crippen LogP contribution in [-0.4, -0.2) is 0 Å². The average Bonchev–Trinajstić information content (AvgIpc) is 2.69. The molecule has 3 aromatic rings. The van der Waals surface area contributed by atoms with Crippen molar-refractivity contribution >= 4 is 16.7 Å². The van der Waals surface area contributed by atoms with E-state index >= 15 is 0 Å². The lowest BCUT2D eigenvalue weighted by molar-refractivity contribution is 0.629. The third-order valence-electron chi connectivity index (χ3n) is 3.02. The fraction of sp³-hybridized carbons (Fsp3) is 0.0667. The quantitative estimate of drug-likeness (QED) is 0.633. The Morgan fingerprint density at radius 1 is 0.941 bits per heavy atom. The molecule has 0 radical (unpaired) electrons. The summed E-state index contributed by atoms with van der Waals surface area (Å²) >= 11 is 0. The highest BCUT2D eigenvalue weighted by atomic mass is 16.3. The first-order valence-corrected chi connectivity index (χ1v) is 5.60. The molecule has 0 aliphatic rings. The van der Waals surface area contributed by atoms with Gasteiger partial charge in [0.2, 0.25) is 0 Å². The summed E-state index contributed by atoms with van der Waals surface area (Å²) < 4.78 is 5.88. The molecule has 0 spiro atoms. The summed E-state index contributed by atoms with van der Waals surface area (Å²) in [6.45, 7) is 2.08. The third kappa shape index (κ3) is 1.58. The second kappa shape index (κ2) is 3.67. The summed E-state index contributed by atoms with van der Waals surface area (Å²) in [6.07, 6.45) is 0. The van der Waals surface area contributed by atoms with Gasteiger partial charge in [-0.3, -0.25) is 0 Å². The van der Waals surface area contributed by atoms with E-state index in [1.807, 2.05) is 42.5 Å². The summed E-state index contributed by atoms with van der Waals surface area (Å²) in [5, 5.41) is 1.17. The lowest BCUT2D eigenvalue weighted by atomic mass is 10.1. The third-order valence-corrected chi connectivity index (χ3v) is 3.02. The van der Waals surface area contributed by atoms with E-state index in [9.17, 15) is 0 Å². The monoisotopic (exact) mass is 223 g/mol. The van der Waals surface area contributed by atoms with E-state index in [0.717, 1.165) is 22.6 Å². The smallest absolute Gasteiger partial charge is 0.138 e. The highest BCUT2D eigenvalue weighted by Crippen LogP contribution is 2.32. The number of hydrogen-bond acceptors (Lipinski definition) is 2. The van der Waals surface area contributed by atoms with Crippen molar-refractivity contribution in [3.05, 3.63) is 54.1 Å². The first kappa shape index (κ1) is 9.97. The van der Waals surface area contributed by atoms with Gasteiger partial charge in [0.15, 0.2) is 0 Å². The first-order chi connectivity index (χ1) is 8.25. The normalized spacial score (nSPS) is 10.9. The zero-order valence-electron chi connectivity index (χ0n) is 9.60. The number of benzene rings is 2. The van der Waals surface area contributed by atoms with Crippen molar-refractivity contribution in [2.45, 2.75) is 6.92 Å². The Morgan fingerprint density at radius 2 is 1.65 bits per heavy atom. The van der Waals surface area contributed by atoms with Gasteiger partial charge in [-0.1, -0.05) is 18.2 Å². The predicted octanol–water partition coefficient (Wildman–Crippen LogP) is 3.99. The molecule has 2 aromatic carbocycles. The highest BCUT2D eigenvalue weighted by Gasteiger charge is 2.11. The average molecular weight is 223 g/mol. The van der Waals surface area contributed by atoms with Crippen molar-refractivity contribution in [2.24, 2.45) is 0 Å². The Morgan fingerprint density at radius 3 is 2.35 bits per heavy atom. The van der Waals surface area contributed by atoms with Gasteiger partial charge in [-0.15, -0.1) is 0 Å². The Kier molecular flexibility index (Phi) is 2.15. The second-order valence-corrected chi connectivity index (χ2v) is 4.17. The zero-order chi connectivity index (χ0) is 11.8. The Labute approximate surface area is 99.7 Å². The Bertz CT molecular complexity index is 665. The Hall–Kier alpha value is -2.22. The molecule has 0 unspecified atom stereocenters. The van der Waals surface area contributed by atoms with Crippen LogP contribution in [-0.2, 0) is 0 Å². The molecule has 0 saturated heterocycles. The zero-order valence-corrected chi connectivity index (χ0v) is 9.60. The van der Waals surface area contributed by atoms with Gasteiger partial charge >= 0.3 is 0 Å². The van der Waals surface area contributed by atoms with Gasteiger partial charge in [-0.25, -0.2) is 0 Å². The van der Waals surface area contributed by atoms with Crippen LogP contribution in [0.1, 0.15) is 5.56 Å². The van der Waals surface area contributed by atoms with Crippen LogP contribution in [0.25, 0.3) is 22.3 Å². The number of fused-ring (bicyclic) bond motifs is 1. The van der Waals surface area contributed by atoms with Gasteiger partial charge in [-0.2, -0.15) is 0 Å². The molecular formula is C15H13NO. The molecule has 2 N–H and O–H groups in total. The molecule has 3 rings (SSSR count). The van der Waals surface area contributed by atoms with Gasteiger partial charge < -0.3 is 10.2 Å². The van der Waals surface area contributed by atoms with Crippen LogP contribution in [0.3, 0.4) is 0 Å². The SMILES string of the molecule is Cc1c(-c2ccc(N)cc2)oc2ccccc12. The highest BCUT2D eigenvalue weighted by molar-refractivity contribution is 5.87. The molecule has 0 aliphatic heterocycles. The molecule has 2 heteroatoms. The molecule has 17 heavy (non-hydrogen) atoms. The molecule has 84 valence electrons. The van der Waals surface area contributed by atoms with Gasteiger partial charge in [0.05, 0.1) is 0 Å². The van der Waals surface area contributed by atoms with Crippen LogP contribution in [0.5, 0.6) is 0 Å². The number of nitrogens with two attached hydrogens (primary N) is 1. The number of nitrogen functional groups attached to an aromatic ring is 1. The molecular weight excluding hydrogens is 210 g/mol. The van der Waals surface area contributed by atoms with Crippen LogP contribution < -0.4 is 5.73 Å². The summed E-state index contributed by atoms with van der Waals surface area (Å²) in [5.74, 6) is 0.922. The minimum Gasteiger partial charge on any atom is -0.456 e. The van der Waals surface area contributed by atoms with Gasteiger partial charge in [-0.05, 0) is 37.3 Å². The van der Waals surface area contributed by atoms with Crippen molar-refractivity contribution < 1.29 is 4.42 Å². The van der Waals surface area contributed by atoms with E-state index < -0.39 is 0 Å². The predicted molar refractivity (Wildman–Crippen MR) is 70.8 cm³/mol. The lowest BCUT2D eigenvalue weighted by Crippen LogP contribution is -1.83. The largest absolute Gasteiger partial charge is 0.456 e. The number of aryl methyl sites for hydroxylation is 1. The first-order valence-electron chi connectivity index (χ1n) is 5.60. The molecule has 2 nitrogen and oxygen atoms in total. The lowest BCUT2D eigenvalue weighted by Gasteiger charge is -1.99. The van der Waals surface area contributed by atoms with E-state index in [1.165, 1.54) is 10.9 Å². The van der Waals surface area contributed by atoms with E-state index in [1.54, 1.807) is 0 Å². The topological polar surface area (TPSA) is 39.2 Å². The summed E-state index contributed by atoms with van der Waals surface area (Å²) in [5.41, 5.74) is 9.62. The molecule has 1 aromatic heterocycles. The fourth-order valence-corrected chi connectivity index (χ4v) is 2.08. The van der Waals surface area contributed by atoms with Gasteiger partial charge in [0.25, 0.3) is 0 Å². The molecule has 0 aliphatic carbocycles. The van der Waals surface area contributed by atoms with Crippen LogP contribution in [0, 0.1) is 6.92 Å². The van der Waals surface area contributed by atoms with Crippen molar-refractivity contribution in [1.82, 2.24) is 0 Å². The second-order valence-electron chi connectivity index (χ2n) is 4.17. The molecule has 1 heterocycles. The fourth-order valence-electron chi connectivity index (χ4n) is 2.08. The summed E-state index contributed by atoms with van der Waals surface area (Å²) in [7, 11) is 0. The molecule has 0 saturated carbocycles. The number of rotatable bonds is 1. The maximum Gasteiger partial charge on any atom is 0.138 e. The molecule has 0 bridgehead atoms. The molecule has 0 fully saturated rings. The van der Waals surface area contributed by atoms with Crippen LogP contribution in [0.2, 0.25) is 0 Å². The van der Waals surface area contributed by atoms with Crippen LogP contribution in [0.15, 0.2) is 52.9 Å². The number of anilines is 1. The van der Waals surface area contributed by atoms with Gasteiger partial charge in [0.1, 0.15) is 11.3 Å². The van der Waals surface area contributed by atoms with Crippen molar-refractivity contribution in [2.75, 3.05) is 5.73 Å². The van der Waals surface area contributed by atoms with E-state index in [4.69, 9.17) is 10.2 Å². The maximum absolute atomic E-state index is 5.88. The molecule has 0 atom stereocenters. The minimum atomic E-state index is 0.766. The number of furan rings is 1. The van der Waals surface area contributed by atoms with E-state index in [-0.39, 0.29) is 0 Å². The molecule has 0 amide bonds. The van der Waals surface area contributed by atoms with Crippen molar-refractivity contribution in [1.29, 1.82) is 0 Å². The van der Waals surface area contributed by atoms with Gasteiger partial charge in [0, 0.05) is 22.2 Å². The van der Waals surface area contributed by atoms with E-state index in [2.05, 4.69) is 13.0 Å². The van der Waals surface area contributed by atoms with Crippen molar-refractivity contribution in [3.8, 4) is 11.3 Å².